The summed E-state index contributed by atoms with van der Waals surface area (Å²) in [6.07, 6.45) is 10.3. The van der Waals surface area contributed by atoms with Gasteiger partial charge in [0, 0.05) is 41.0 Å². The number of aromatic hydroxyl groups is 3. The second kappa shape index (κ2) is 25.1. The second-order valence-corrected chi connectivity index (χ2v) is 18.9. The summed E-state index contributed by atoms with van der Waals surface area (Å²) in [7, 11) is 0. The van der Waals surface area contributed by atoms with E-state index in [-0.39, 0.29) is 71.9 Å². The SMILES string of the molecule is C.C=C(C)[C@@H]1CCC(C)=C[C@H]1c1c(O)cc(CCC)c(C(=O)O)c1O.C=C(C)[C@@H]1CCC(C)=C[C@H]1c1c(O)cc(CCC)c2c1OC(CC(C)=O)(c1ccccc1)OC2=O.CC(=O)C#Cc1ccccc1. The van der Waals surface area contributed by atoms with Crippen molar-refractivity contribution in [2.45, 2.75) is 138 Å². The van der Waals surface area contributed by atoms with Gasteiger partial charge in [0.15, 0.2) is 0 Å². The molecule has 5 atom stereocenters. The van der Waals surface area contributed by atoms with E-state index in [4.69, 9.17) is 9.47 Å². The van der Waals surface area contributed by atoms with Crippen LogP contribution in [0.5, 0.6) is 23.0 Å². The first-order chi connectivity index (χ1) is 33.2. The summed E-state index contributed by atoms with van der Waals surface area (Å²) in [6.45, 7) is 23.1. The number of rotatable bonds is 12. The summed E-state index contributed by atoms with van der Waals surface area (Å²) in [4.78, 5) is 48.1. The Morgan fingerprint density at radius 1 is 0.732 bits per heavy atom. The topological polar surface area (TPSA) is 168 Å². The van der Waals surface area contributed by atoms with Gasteiger partial charge in [-0.05, 0) is 126 Å². The summed E-state index contributed by atoms with van der Waals surface area (Å²) < 4.78 is 12.6. The lowest BCUT2D eigenvalue weighted by atomic mass is 9.73. The molecule has 1 aliphatic heterocycles. The molecule has 0 aromatic heterocycles. The number of carboxylic acid groups (broad SMARTS) is 1. The van der Waals surface area contributed by atoms with Crippen LogP contribution in [0.3, 0.4) is 0 Å². The molecule has 2 aliphatic carbocycles. The monoisotopic (exact) mass is 965 g/mol. The molecule has 0 bridgehead atoms. The molecule has 4 N–H and O–H groups in total. The average Bonchev–Trinajstić information content (AvgIpc) is 3.29. The van der Waals surface area contributed by atoms with E-state index in [9.17, 15) is 39.6 Å². The number of ether oxygens (including phenoxy) is 2. The molecule has 71 heavy (non-hydrogen) atoms. The fraction of sp³-hybridized carbons (Fsp3) is 0.377. The number of carboxylic acids is 1. The Morgan fingerprint density at radius 2 is 1.23 bits per heavy atom. The van der Waals surface area contributed by atoms with Gasteiger partial charge in [-0.2, -0.15) is 0 Å². The van der Waals surface area contributed by atoms with Crippen LogP contribution in [0.15, 0.2) is 120 Å². The summed E-state index contributed by atoms with van der Waals surface area (Å²) >= 11 is 0. The standard InChI is InChI=1S/C30H34O5.C20H26O4.C10H8O.CH4/c1-6-10-21-16-25(32)27(24-15-19(4)13-14-23(24)18(2)3)28-26(21)29(33)35-30(34-28,17-20(5)31)22-11-8-7-9-12-22;1-5-6-13-10-16(21)18(19(22)17(13)20(23)24)15-9-12(4)7-8-14(15)11(2)3;1-9(11)7-8-10-5-3-2-4-6-10;/h7-9,11-12,15-16,23-24,32H,2,6,10,13-14,17H2,1,3-5H3;9-10,14-15,21-22H,2,5-8H2,1,3-4H3,(H,23,24);2-6H,1H3;1H4/t23-,24+,30?;14-,15+;;/m00../s1. The quantitative estimate of drug-likeness (QED) is 0.0609. The van der Waals surface area contributed by atoms with Crippen LogP contribution in [0.2, 0.25) is 0 Å². The highest BCUT2D eigenvalue weighted by Gasteiger charge is 2.48. The molecule has 3 aliphatic rings. The van der Waals surface area contributed by atoms with E-state index in [1.807, 2.05) is 89.2 Å². The van der Waals surface area contributed by atoms with Crippen molar-refractivity contribution < 1.29 is 49.1 Å². The van der Waals surface area contributed by atoms with Crippen LogP contribution in [0.1, 0.15) is 174 Å². The Hall–Kier alpha value is -7.12. The normalized spacial score (nSPS) is 19.8. The number of phenolic OH excluding ortho intramolecular Hbond substituents is 2. The molecular formula is C61H72O10. The third-order valence-electron chi connectivity index (χ3n) is 13.0. The van der Waals surface area contributed by atoms with E-state index in [1.54, 1.807) is 18.2 Å². The van der Waals surface area contributed by atoms with E-state index in [0.29, 0.717) is 52.0 Å². The molecule has 376 valence electrons. The number of aromatic carboxylic acids is 1. The number of benzene rings is 4. The molecule has 10 nitrogen and oxygen atoms in total. The molecular weight excluding hydrogens is 893 g/mol. The number of allylic oxidation sites excluding steroid dienone is 6. The molecule has 0 radical (unpaired) electrons. The van der Waals surface area contributed by atoms with E-state index in [2.05, 4.69) is 38.0 Å². The molecule has 0 amide bonds. The highest BCUT2D eigenvalue weighted by atomic mass is 16.7. The minimum absolute atomic E-state index is 0. The first-order valence-electron chi connectivity index (χ1n) is 24.1. The van der Waals surface area contributed by atoms with Crippen molar-refractivity contribution in [3.8, 4) is 34.8 Å². The zero-order chi connectivity index (χ0) is 51.4. The summed E-state index contributed by atoms with van der Waals surface area (Å²) in [5, 5.41) is 42.1. The molecule has 0 saturated carbocycles. The Bertz CT molecular complexity index is 2750. The highest BCUT2D eigenvalue weighted by molar-refractivity contribution is 5.97. The van der Waals surface area contributed by atoms with E-state index in [1.165, 1.54) is 31.1 Å². The smallest absolute Gasteiger partial charge is 0.345 e. The lowest BCUT2D eigenvalue weighted by molar-refractivity contribution is -0.172. The predicted octanol–water partition coefficient (Wildman–Crippen LogP) is 13.8. The fourth-order valence-corrected chi connectivity index (χ4v) is 9.78. The van der Waals surface area contributed by atoms with Crippen molar-refractivity contribution in [1.29, 1.82) is 0 Å². The molecule has 4 aromatic rings. The molecule has 1 heterocycles. The maximum Gasteiger partial charge on any atom is 0.345 e. The van der Waals surface area contributed by atoms with Crippen LogP contribution in [0.4, 0.5) is 0 Å². The fourth-order valence-electron chi connectivity index (χ4n) is 9.78. The summed E-state index contributed by atoms with van der Waals surface area (Å²) in [5.74, 6) is 1.39. The van der Waals surface area contributed by atoms with Crippen LogP contribution in [-0.4, -0.2) is 43.9 Å². The minimum Gasteiger partial charge on any atom is -0.507 e. The van der Waals surface area contributed by atoms with Gasteiger partial charge in [-0.25, -0.2) is 9.59 Å². The van der Waals surface area contributed by atoms with Crippen LogP contribution < -0.4 is 4.74 Å². The number of fused-ring (bicyclic) bond motifs is 1. The lowest BCUT2D eigenvalue weighted by Gasteiger charge is -2.40. The third-order valence-corrected chi connectivity index (χ3v) is 13.0. The Labute approximate surface area is 420 Å². The molecule has 0 fully saturated rings. The van der Waals surface area contributed by atoms with Crippen LogP contribution in [-0.2, 0) is 33.0 Å². The van der Waals surface area contributed by atoms with Gasteiger partial charge in [-0.1, -0.05) is 136 Å². The average molecular weight is 965 g/mol. The molecule has 10 heteroatoms. The lowest BCUT2D eigenvalue weighted by Crippen LogP contribution is -2.44. The van der Waals surface area contributed by atoms with Gasteiger partial charge in [0.2, 0.25) is 5.78 Å². The maximum absolute atomic E-state index is 13.6. The number of carbonyl (C=O) groups is 4. The van der Waals surface area contributed by atoms with Gasteiger partial charge < -0.3 is 29.9 Å². The van der Waals surface area contributed by atoms with Crippen LogP contribution in [0.25, 0.3) is 0 Å². The number of phenols is 3. The van der Waals surface area contributed by atoms with Crippen molar-refractivity contribution in [3.05, 3.63) is 165 Å². The largest absolute Gasteiger partial charge is 0.507 e. The Kier molecular flexibility index (Phi) is 20.0. The van der Waals surface area contributed by atoms with Gasteiger partial charge in [0.25, 0.3) is 5.79 Å². The van der Waals surface area contributed by atoms with Crippen molar-refractivity contribution in [2.75, 3.05) is 0 Å². The third kappa shape index (κ3) is 13.6. The molecule has 0 saturated heterocycles. The number of carbonyl (C=O) groups excluding carboxylic acids is 3. The van der Waals surface area contributed by atoms with Crippen molar-refractivity contribution in [1.82, 2.24) is 0 Å². The van der Waals surface area contributed by atoms with Gasteiger partial charge in [-0.15, -0.1) is 0 Å². The second-order valence-electron chi connectivity index (χ2n) is 18.9. The van der Waals surface area contributed by atoms with Gasteiger partial charge in [0.05, 0.1) is 6.42 Å². The van der Waals surface area contributed by atoms with Crippen LogP contribution in [0, 0.1) is 23.7 Å². The van der Waals surface area contributed by atoms with Gasteiger partial charge in [-0.3, -0.25) is 9.59 Å². The minimum atomic E-state index is -1.60. The number of ketones is 2. The van der Waals surface area contributed by atoms with Gasteiger partial charge >= 0.3 is 11.9 Å². The summed E-state index contributed by atoms with van der Waals surface area (Å²) in [5.41, 5.74) is 8.09. The van der Waals surface area contributed by atoms with E-state index in [0.717, 1.165) is 55.2 Å². The molecule has 1 unspecified atom stereocenters. The van der Waals surface area contributed by atoms with Crippen molar-refractivity contribution in [3.63, 3.8) is 0 Å². The summed E-state index contributed by atoms with van der Waals surface area (Å²) in [6, 6.07) is 21.7. The Balaban J connectivity index is 0.000000262. The van der Waals surface area contributed by atoms with Crippen molar-refractivity contribution >= 4 is 23.5 Å². The van der Waals surface area contributed by atoms with E-state index >= 15 is 0 Å². The number of esters is 1. The Morgan fingerprint density at radius 3 is 1.72 bits per heavy atom. The van der Waals surface area contributed by atoms with E-state index < -0.39 is 17.7 Å². The number of hydrogen-bond acceptors (Lipinski definition) is 9. The number of Topliss-reactive ketones (excluding diaryl/α,β-unsaturated/α-hetero) is 2. The zero-order valence-electron chi connectivity index (χ0n) is 41.9. The molecule has 4 aromatic carbocycles. The number of aryl methyl sites for hydroxylation is 2. The van der Waals surface area contributed by atoms with Crippen LogP contribution >= 0.6 is 0 Å². The molecule has 7 rings (SSSR count). The maximum atomic E-state index is 13.6. The first kappa shape index (κ1) is 56.5. The first-order valence-corrected chi connectivity index (χ1v) is 24.1. The number of hydrogen-bond donors (Lipinski definition) is 4. The molecule has 0 spiro atoms. The highest BCUT2D eigenvalue weighted by Crippen LogP contribution is 2.53. The predicted molar refractivity (Wildman–Crippen MR) is 281 cm³/mol. The van der Waals surface area contributed by atoms with Crippen molar-refractivity contribution in [2.24, 2.45) is 11.8 Å². The zero-order valence-corrected chi connectivity index (χ0v) is 41.9. The van der Waals surface area contributed by atoms with Gasteiger partial charge in [0.1, 0.15) is 39.9 Å². The number of cyclic esters (lactones) is 1.